The van der Waals surface area contributed by atoms with Crippen molar-refractivity contribution >= 4 is 11.0 Å². The zero-order valence-corrected chi connectivity index (χ0v) is 13.7. The number of hydrogen-bond donors (Lipinski definition) is 0. The van der Waals surface area contributed by atoms with E-state index < -0.39 is 0 Å². The molecule has 0 aliphatic carbocycles. The number of benzene rings is 2. The van der Waals surface area contributed by atoms with E-state index in [-0.39, 0.29) is 5.82 Å². The van der Waals surface area contributed by atoms with Crippen LogP contribution in [0.25, 0.3) is 11.0 Å². The highest BCUT2D eigenvalue weighted by Gasteiger charge is 2.20. The number of nitrogens with zero attached hydrogens (tertiary/aromatic N) is 3. The number of halogens is 1. The molecule has 3 nitrogen and oxygen atoms in total. The van der Waals surface area contributed by atoms with Gasteiger partial charge in [0.15, 0.2) is 0 Å². The van der Waals surface area contributed by atoms with Crippen LogP contribution in [0.2, 0.25) is 0 Å². The van der Waals surface area contributed by atoms with Crippen molar-refractivity contribution in [2.24, 2.45) is 5.92 Å². The van der Waals surface area contributed by atoms with Gasteiger partial charge in [-0.15, -0.1) is 0 Å². The fourth-order valence-electron chi connectivity index (χ4n) is 3.63. The van der Waals surface area contributed by atoms with Crippen LogP contribution in [-0.2, 0) is 13.1 Å². The summed E-state index contributed by atoms with van der Waals surface area (Å²) in [5.41, 5.74) is 3.08. The molecule has 124 valence electrons. The third kappa shape index (κ3) is 3.20. The Morgan fingerprint density at radius 2 is 1.75 bits per heavy atom. The van der Waals surface area contributed by atoms with Gasteiger partial charge in [0.05, 0.1) is 17.4 Å². The molecule has 24 heavy (non-hydrogen) atoms. The molecule has 3 aromatic rings. The summed E-state index contributed by atoms with van der Waals surface area (Å²) < 4.78 is 16.1. The van der Waals surface area contributed by atoms with Gasteiger partial charge < -0.3 is 4.57 Å². The first-order valence-corrected chi connectivity index (χ1v) is 8.65. The molecular weight excluding hydrogens is 301 g/mol. The SMILES string of the molecule is Fc1ccccc1CN1CCC(Cn2cnc3ccccc32)CC1. The van der Waals surface area contributed by atoms with Gasteiger partial charge in [0, 0.05) is 18.7 Å². The molecule has 4 heteroatoms. The molecule has 0 unspecified atom stereocenters. The minimum absolute atomic E-state index is 0.0930. The third-order valence-corrected chi connectivity index (χ3v) is 5.04. The van der Waals surface area contributed by atoms with Crippen molar-refractivity contribution in [3.05, 3.63) is 66.2 Å². The molecule has 0 saturated carbocycles. The summed E-state index contributed by atoms with van der Waals surface area (Å²) in [7, 11) is 0. The van der Waals surface area contributed by atoms with E-state index in [0.717, 1.165) is 43.6 Å². The van der Waals surface area contributed by atoms with Crippen LogP contribution in [0.3, 0.4) is 0 Å². The van der Waals surface area contributed by atoms with E-state index in [9.17, 15) is 4.39 Å². The van der Waals surface area contributed by atoms with Gasteiger partial charge in [-0.25, -0.2) is 9.37 Å². The topological polar surface area (TPSA) is 21.1 Å². The first-order valence-electron chi connectivity index (χ1n) is 8.65. The standard InChI is InChI=1S/C20H22FN3/c21-18-6-2-1-5-17(18)14-23-11-9-16(10-12-23)13-24-15-22-19-7-3-4-8-20(19)24/h1-8,15-16H,9-14H2. The molecule has 0 N–H and O–H groups in total. The van der Waals surface area contributed by atoms with E-state index in [0.29, 0.717) is 12.5 Å². The normalized spacial score (nSPS) is 16.7. The first kappa shape index (κ1) is 15.3. The molecule has 0 amide bonds. The van der Waals surface area contributed by atoms with Gasteiger partial charge >= 0.3 is 0 Å². The van der Waals surface area contributed by atoms with Crippen molar-refractivity contribution in [2.45, 2.75) is 25.9 Å². The Morgan fingerprint density at radius 1 is 1.00 bits per heavy atom. The van der Waals surface area contributed by atoms with Crippen LogP contribution in [-0.4, -0.2) is 27.5 Å². The number of rotatable bonds is 4. The van der Waals surface area contributed by atoms with E-state index in [4.69, 9.17) is 0 Å². The number of piperidine rings is 1. The van der Waals surface area contributed by atoms with Gasteiger partial charge in [-0.2, -0.15) is 0 Å². The van der Waals surface area contributed by atoms with Gasteiger partial charge in [-0.05, 0) is 50.0 Å². The fraction of sp³-hybridized carbons (Fsp3) is 0.350. The van der Waals surface area contributed by atoms with E-state index in [2.05, 4.69) is 32.7 Å². The molecule has 0 radical (unpaired) electrons. The van der Waals surface area contributed by atoms with E-state index in [1.165, 1.54) is 5.52 Å². The predicted molar refractivity (Wildman–Crippen MR) is 94.1 cm³/mol. The zero-order valence-electron chi connectivity index (χ0n) is 13.7. The average molecular weight is 323 g/mol. The van der Waals surface area contributed by atoms with Gasteiger partial charge in [-0.3, -0.25) is 4.90 Å². The second-order valence-electron chi connectivity index (χ2n) is 6.70. The molecule has 0 bridgehead atoms. The maximum absolute atomic E-state index is 13.8. The summed E-state index contributed by atoms with van der Waals surface area (Å²) in [6, 6.07) is 15.4. The quantitative estimate of drug-likeness (QED) is 0.721. The molecule has 1 aromatic heterocycles. The van der Waals surface area contributed by atoms with Crippen LogP contribution in [0.5, 0.6) is 0 Å². The molecule has 4 rings (SSSR count). The maximum Gasteiger partial charge on any atom is 0.127 e. The van der Waals surface area contributed by atoms with Crippen LogP contribution in [0.1, 0.15) is 18.4 Å². The molecule has 1 fully saturated rings. The summed E-state index contributed by atoms with van der Waals surface area (Å²) in [4.78, 5) is 6.84. The third-order valence-electron chi connectivity index (χ3n) is 5.04. The van der Waals surface area contributed by atoms with Crippen LogP contribution in [0, 0.1) is 11.7 Å². The molecule has 2 heterocycles. The highest BCUT2D eigenvalue weighted by molar-refractivity contribution is 5.74. The molecule has 0 atom stereocenters. The van der Waals surface area contributed by atoms with E-state index in [1.807, 2.05) is 24.5 Å². The van der Waals surface area contributed by atoms with E-state index >= 15 is 0 Å². The monoisotopic (exact) mass is 323 g/mol. The van der Waals surface area contributed by atoms with Crippen molar-refractivity contribution in [3.8, 4) is 0 Å². The van der Waals surface area contributed by atoms with Crippen molar-refractivity contribution in [2.75, 3.05) is 13.1 Å². The highest BCUT2D eigenvalue weighted by Crippen LogP contribution is 2.23. The average Bonchev–Trinajstić information content (AvgIpc) is 3.02. The Balaban J connectivity index is 1.35. The number of likely N-dealkylation sites (tertiary alicyclic amines) is 1. The molecule has 1 aliphatic heterocycles. The summed E-state index contributed by atoms with van der Waals surface area (Å²) in [6.45, 7) is 3.80. The second kappa shape index (κ2) is 6.73. The second-order valence-corrected chi connectivity index (χ2v) is 6.70. The maximum atomic E-state index is 13.8. The minimum Gasteiger partial charge on any atom is -0.330 e. The lowest BCUT2D eigenvalue weighted by Crippen LogP contribution is -2.34. The summed E-state index contributed by atoms with van der Waals surface area (Å²) in [6.07, 6.45) is 4.26. The minimum atomic E-state index is -0.0930. The van der Waals surface area contributed by atoms with Gasteiger partial charge in [0.25, 0.3) is 0 Å². The molecule has 1 aliphatic rings. The lowest BCUT2D eigenvalue weighted by molar-refractivity contribution is 0.166. The van der Waals surface area contributed by atoms with Crippen LogP contribution >= 0.6 is 0 Å². The lowest BCUT2D eigenvalue weighted by atomic mass is 9.96. The van der Waals surface area contributed by atoms with Crippen LogP contribution in [0.15, 0.2) is 54.9 Å². The van der Waals surface area contributed by atoms with E-state index in [1.54, 1.807) is 12.1 Å². The van der Waals surface area contributed by atoms with Gasteiger partial charge in [-0.1, -0.05) is 30.3 Å². The van der Waals surface area contributed by atoms with Crippen molar-refractivity contribution < 1.29 is 4.39 Å². The Kier molecular flexibility index (Phi) is 4.30. The van der Waals surface area contributed by atoms with Crippen LogP contribution < -0.4 is 0 Å². The molecule has 1 saturated heterocycles. The fourth-order valence-corrected chi connectivity index (χ4v) is 3.63. The molecule has 0 spiro atoms. The van der Waals surface area contributed by atoms with Crippen molar-refractivity contribution in [1.82, 2.24) is 14.5 Å². The Morgan fingerprint density at radius 3 is 2.58 bits per heavy atom. The Hall–Kier alpha value is -2.20. The highest BCUT2D eigenvalue weighted by atomic mass is 19.1. The lowest BCUT2D eigenvalue weighted by Gasteiger charge is -2.32. The zero-order chi connectivity index (χ0) is 16.4. The first-order chi connectivity index (χ1) is 11.8. The smallest absolute Gasteiger partial charge is 0.127 e. The summed E-state index contributed by atoms with van der Waals surface area (Å²) >= 11 is 0. The van der Waals surface area contributed by atoms with Crippen LogP contribution in [0.4, 0.5) is 4.39 Å². The van der Waals surface area contributed by atoms with Gasteiger partial charge in [0.1, 0.15) is 5.82 Å². The molecule has 2 aromatic carbocycles. The Labute approximate surface area is 141 Å². The molecular formula is C20H22FN3. The number of para-hydroxylation sites is 2. The van der Waals surface area contributed by atoms with Crippen molar-refractivity contribution in [3.63, 3.8) is 0 Å². The summed E-state index contributed by atoms with van der Waals surface area (Å²) in [5.74, 6) is 0.573. The summed E-state index contributed by atoms with van der Waals surface area (Å²) in [5, 5.41) is 0. The largest absolute Gasteiger partial charge is 0.330 e. The number of aromatic nitrogens is 2. The number of fused-ring (bicyclic) bond motifs is 1. The number of hydrogen-bond acceptors (Lipinski definition) is 2. The number of imidazole rings is 1. The predicted octanol–water partition coefficient (Wildman–Crippen LogP) is 4.09. The Bertz CT molecular complexity index is 818. The van der Waals surface area contributed by atoms with Gasteiger partial charge in [0.2, 0.25) is 0 Å². The van der Waals surface area contributed by atoms with Crippen molar-refractivity contribution in [1.29, 1.82) is 0 Å².